The number of likely N-dealkylation sites (tertiary alicyclic amines) is 1. The van der Waals surface area contributed by atoms with Gasteiger partial charge in [0.25, 0.3) is 0 Å². The van der Waals surface area contributed by atoms with Crippen molar-refractivity contribution in [1.82, 2.24) is 4.90 Å². The number of halogens is 2. The lowest BCUT2D eigenvalue weighted by atomic mass is 9.75. The molecule has 1 aromatic rings. The summed E-state index contributed by atoms with van der Waals surface area (Å²) in [6.07, 6.45) is 0.123. The van der Waals surface area contributed by atoms with Gasteiger partial charge in [-0.25, -0.2) is 4.79 Å². The smallest absolute Gasteiger partial charge is 0.407 e. The van der Waals surface area contributed by atoms with Crippen LogP contribution in [0.25, 0.3) is 0 Å². The highest BCUT2D eigenvalue weighted by atomic mass is 35.5. The number of ketones is 1. The first-order chi connectivity index (χ1) is 10.6. The SMILES string of the molecule is CC(C)(C)C1CC(C(=O)c2ccc(Cl)c(Cl)c2)CCN1C(=O)O. The van der Waals surface area contributed by atoms with Crippen LogP contribution in [0.4, 0.5) is 4.79 Å². The predicted molar refractivity (Wildman–Crippen MR) is 91.5 cm³/mol. The molecule has 1 aliphatic rings. The van der Waals surface area contributed by atoms with Crippen molar-refractivity contribution in [2.24, 2.45) is 11.3 Å². The maximum absolute atomic E-state index is 12.7. The highest BCUT2D eigenvalue weighted by Gasteiger charge is 2.40. The molecule has 0 radical (unpaired) electrons. The van der Waals surface area contributed by atoms with Crippen LogP contribution < -0.4 is 0 Å². The zero-order valence-corrected chi connectivity index (χ0v) is 15.0. The summed E-state index contributed by atoms with van der Waals surface area (Å²) in [5.74, 6) is -0.199. The van der Waals surface area contributed by atoms with Crippen LogP contribution in [0, 0.1) is 11.3 Å². The Balaban J connectivity index is 2.22. The molecule has 1 aromatic carbocycles. The van der Waals surface area contributed by atoms with Crippen molar-refractivity contribution in [3.8, 4) is 0 Å². The molecule has 126 valence electrons. The van der Waals surface area contributed by atoms with E-state index in [-0.39, 0.29) is 23.2 Å². The fraction of sp³-hybridized carbons (Fsp3) is 0.529. The van der Waals surface area contributed by atoms with Crippen molar-refractivity contribution >= 4 is 35.1 Å². The van der Waals surface area contributed by atoms with Gasteiger partial charge in [0.15, 0.2) is 5.78 Å². The van der Waals surface area contributed by atoms with Gasteiger partial charge in [0.1, 0.15) is 0 Å². The van der Waals surface area contributed by atoms with Crippen LogP contribution in [0.2, 0.25) is 10.0 Å². The molecule has 6 heteroatoms. The third-order valence-corrected chi connectivity index (χ3v) is 5.16. The third-order valence-electron chi connectivity index (χ3n) is 4.42. The lowest BCUT2D eigenvalue weighted by Crippen LogP contribution is -2.52. The molecule has 0 aliphatic carbocycles. The first-order valence-electron chi connectivity index (χ1n) is 7.60. The Morgan fingerprint density at radius 1 is 1.22 bits per heavy atom. The number of carbonyl (C=O) groups is 2. The van der Waals surface area contributed by atoms with E-state index in [1.165, 1.54) is 4.90 Å². The van der Waals surface area contributed by atoms with Crippen molar-refractivity contribution in [1.29, 1.82) is 0 Å². The topological polar surface area (TPSA) is 57.6 Å². The first kappa shape index (κ1) is 18.1. The standard InChI is InChI=1S/C17H21Cl2NO3/c1-17(2,3)14-9-11(6-7-20(14)16(22)23)15(21)10-4-5-12(18)13(19)8-10/h4-5,8,11,14H,6-7,9H2,1-3H3,(H,22,23). The fourth-order valence-corrected chi connectivity index (χ4v) is 3.44. The zero-order valence-electron chi connectivity index (χ0n) is 13.5. The molecule has 2 atom stereocenters. The number of benzene rings is 1. The molecule has 0 aromatic heterocycles. The maximum Gasteiger partial charge on any atom is 0.407 e. The normalized spacial score (nSPS) is 22.0. The van der Waals surface area contributed by atoms with E-state index in [4.69, 9.17) is 23.2 Å². The van der Waals surface area contributed by atoms with Gasteiger partial charge in [-0.1, -0.05) is 44.0 Å². The van der Waals surface area contributed by atoms with E-state index >= 15 is 0 Å². The summed E-state index contributed by atoms with van der Waals surface area (Å²) in [5, 5.41) is 10.2. The highest BCUT2D eigenvalue weighted by molar-refractivity contribution is 6.42. The largest absolute Gasteiger partial charge is 0.465 e. The Hall–Kier alpha value is -1.26. The Morgan fingerprint density at radius 3 is 2.39 bits per heavy atom. The molecule has 1 fully saturated rings. The molecule has 1 heterocycles. The number of carboxylic acid groups (broad SMARTS) is 1. The zero-order chi connectivity index (χ0) is 17.4. The average Bonchev–Trinajstić information content (AvgIpc) is 2.47. The van der Waals surface area contributed by atoms with E-state index in [0.717, 1.165) is 0 Å². The van der Waals surface area contributed by atoms with E-state index in [1.54, 1.807) is 18.2 Å². The molecule has 1 amide bonds. The van der Waals surface area contributed by atoms with E-state index in [1.807, 2.05) is 20.8 Å². The van der Waals surface area contributed by atoms with E-state index in [9.17, 15) is 14.7 Å². The lowest BCUT2D eigenvalue weighted by Gasteiger charge is -2.44. The summed E-state index contributed by atoms with van der Waals surface area (Å²) < 4.78 is 0. The molecule has 1 N–H and O–H groups in total. The number of hydrogen-bond donors (Lipinski definition) is 1. The predicted octanol–water partition coefficient (Wildman–Crippen LogP) is 4.98. The molecule has 0 spiro atoms. The van der Waals surface area contributed by atoms with Gasteiger partial charge in [0.2, 0.25) is 0 Å². The maximum atomic E-state index is 12.7. The quantitative estimate of drug-likeness (QED) is 0.759. The molecule has 1 aliphatic heterocycles. The van der Waals surface area contributed by atoms with Gasteiger partial charge in [0, 0.05) is 24.1 Å². The minimum atomic E-state index is -0.926. The molecule has 0 bridgehead atoms. The summed E-state index contributed by atoms with van der Waals surface area (Å²) >= 11 is 11.9. The summed E-state index contributed by atoms with van der Waals surface area (Å²) in [5.41, 5.74) is 0.301. The molecular formula is C17H21Cl2NO3. The Morgan fingerprint density at radius 2 is 1.87 bits per heavy atom. The Labute approximate surface area is 146 Å². The molecule has 4 nitrogen and oxygen atoms in total. The summed E-state index contributed by atoms with van der Waals surface area (Å²) in [6.45, 7) is 6.37. The summed E-state index contributed by atoms with van der Waals surface area (Å²) in [6, 6.07) is 4.68. The van der Waals surface area contributed by atoms with Crippen LogP contribution in [-0.2, 0) is 0 Å². The van der Waals surface area contributed by atoms with Crippen LogP contribution in [0.3, 0.4) is 0 Å². The van der Waals surface area contributed by atoms with Crippen LogP contribution in [0.5, 0.6) is 0 Å². The first-order valence-corrected chi connectivity index (χ1v) is 8.35. The minimum absolute atomic E-state index is 0.00264. The highest BCUT2D eigenvalue weighted by Crippen LogP contribution is 2.36. The number of hydrogen-bond acceptors (Lipinski definition) is 2. The van der Waals surface area contributed by atoms with Gasteiger partial charge in [-0.3, -0.25) is 4.79 Å². The van der Waals surface area contributed by atoms with Crippen molar-refractivity contribution in [2.75, 3.05) is 6.54 Å². The van der Waals surface area contributed by atoms with Crippen molar-refractivity contribution in [3.05, 3.63) is 33.8 Å². The fourth-order valence-electron chi connectivity index (χ4n) is 3.14. The number of carbonyl (C=O) groups excluding carboxylic acids is 1. The molecule has 23 heavy (non-hydrogen) atoms. The number of amides is 1. The molecule has 0 saturated carbocycles. The second-order valence-corrected chi connectivity index (χ2v) is 7.89. The third kappa shape index (κ3) is 3.99. The second-order valence-electron chi connectivity index (χ2n) is 7.07. The van der Waals surface area contributed by atoms with E-state index < -0.39 is 6.09 Å². The van der Waals surface area contributed by atoms with Gasteiger partial charge in [0.05, 0.1) is 10.0 Å². The van der Waals surface area contributed by atoms with Gasteiger partial charge < -0.3 is 10.0 Å². The molecule has 1 saturated heterocycles. The van der Waals surface area contributed by atoms with E-state index in [0.29, 0.717) is 35.0 Å². The number of rotatable bonds is 2. The lowest BCUT2D eigenvalue weighted by molar-refractivity contribution is 0.0377. The van der Waals surface area contributed by atoms with Crippen LogP contribution >= 0.6 is 23.2 Å². The molecule has 2 rings (SSSR count). The monoisotopic (exact) mass is 357 g/mol. The van der Waals surface area contributed by atoms with Crippen molar-refractivity contribution in [3.63, 3.8) is 0 Å². The van der Waals surface area contributed by atoms with Crippen LogP contribution in [0.15, 0.2) is 18.2 Å². The van der Waals surface area contributed by atoms with Crippen LogP contribution in [-0.4, -0.2) is 34.5 Å². The van der Waals surface area contributed by atoms with Crippen molar-refractivity contribution in [2.45, 2.75) is 39.7 Å². The van der Waals surface area contributed by atoms with Gasteiger partial charge in [-0.05, 0) is 36.5 Å². The summed E-state index contributed by atoms with van der Waals surface area (Å²) in [7, 11) is 0. The number of piperidine rings is 1. The minimum Gasteiger partial charge on any atom is -0.465 e. The Kier molecular flexibility index (Phi) is 5.27. The molecular weight excluding hydrogens is 337 g/mol. The Bertz CT molecular complexity index is 625. The van der Waals surface area contributed by atoms with Gasteiger partial charge in [-0.2, -0.15) is 0 Å². The summed E-state index contributed by atoms with van der Waals surface area (Å²) in [4.78, 5) is 25.7. The number of nitrogens with zero attached hydrogens (tertiary/aromatic N) is 1. The van der Waals surface area contributed by atoms with Crippen LogP contribution in [0.1, 0.15) is 44.0 Å². The average molecular weight is 358 g/mol. The number of Topliss-reactive ketones (excluding diaryl/α,β-unsaturated/α-hetero) is 1. The second kappa shape index (κ2) is 6.70. The van der Waals surface area contributed by atoms with E-state index in [2.05, 4.69) is 0 Å². The molecule has 2 unspecified atom stereocenters. The van der Waals surface area contributed by atoms with Gasteiger partial charge >= 0.3 is 6.09 Å². The van der Waals surface area contributed by atoms with Crippen molar-refractivity contribution < 1.29 is 14.7 Å². The van der Waals surface area contributed by atoms with Gasteiger partial charge in [-0.15, -0.1) is 0 Å².